The first-order chi connectivity index (χ1) is 14.5. The molecule has 2 aliphatic heterocycles. The van der Waals surface area contributed by atoms with Gasteiger partial charge in [0.25, 0.3) is 17.1 Å². The van der Waals surface area contributed by atoms with Crippen LogP contribution in [0.4, 0.5) is 4.79 Å². The Morgan fingerprint density at radius 2 is 1.90 bits per heavy atom. The van der Waals surface area contributed by atoms with E-state index in [0.717, 1.165) is 17.3 Å². The minimum atomic E-state index is -0.390. The molecule has 0 spiro atoms. The van der Waals surface area contributed by atoms with Gasteiger partial charge >= 0.3 is 0 Å². The number of carbonyl (C=O) groups excluding carboxylic acids is 3. The number of nitrogens with one attached hydrogen (secondary N) is 1. The summed E-state index contributed by atoms with van der Waals surface area (Å²) in [5.41, 5.74) is 1.27. The molecule has 154 valence electrons. The predicted octanol–water partition coefficient (Wildman–Crippen LogP) is 2.89. The number of amides is 3. The maximum absolute atomic E-state index is 12.6. The minimum Gasteiger partial charge on any atom is -0.497 e. The number of fused-ring (bicyclic) bond motifs is 1. The lowest BCUT2D eigenvalue weighted by Crippen LogP contribution is -2.40. The molecule has 0 aromatic heterocycles. The van der Waals surface area contributed by atoms with Crippen LogP contribution >= 0.6 is 11.8 Å². The molecular weight excluding hydrogens is 408 g/mol. The molecule has 1 N–H and O–H groups in total. The van der Waals surface area contributed by atoms with Crippen molar-refractivity contribution in [2.24, 2.45) is 0 Å². The van der Waals surface area contributed by atoms with Gasteiger partial charge in [0, 0.05) is 6.07 Å². The first-order valence-electron chi connectivity index (χ1n) is 9.11. The van der Waals surface area contributed by atoms with Gasteiger partial charge in [0.2, 0.25) is 0 Å². The zero-order valence-electron chi connectivity index (χ0n) is 16.0. The molecule has 3 amide bonds. The third-order valence-corrected chi connectivity index (χ3v) is 5.34. The number of ether oxygens (including phenoxy) is 3. The molecule has 0 saturated carbocycles. The molecule has 1 fully saturated rings. The van der Waals surface area contributed by atoms with E-state index in [2.05, 4.69) is 5.32 Å². The highest BCUT2D eigenvalue weighted by atomic mass is 32.2. The highest BCUT2D eigenvalue weighted by molar-refractivity contribution is 8.18. The van der Waals surface area contributed by atoms with Gasteiger partial charge in [-0.15, -0.1) is 0 Å². The van der Waals surface area contributed by atoms with Crippen LogP contribution in [-0.2, 0) is 4.79 Å². The average Bonchev–Trinajstić information content (AvgIpc) is 3.07. The van der Waals surface area contributed by atoms with E-state index in [0.29, 0.717) is 40.9 Å². The Balaban J connectivity index is 1.31. The summed E-state index contributed by atoms with van der Waals surface area (Å²) >= 11 is 0.874. The fourth-order valence-electron chi connectivity index (χ4n) is 2.97. The normalized spacial score (nSPS) is 16.9. The van der Waals surface area contributed by atoms with Crippen molar-refractivity contribution in [3.63, 3.8) is 0 Å². The first-order valence-corrected chi connectivity index (χ1v) is 9.93. The number of imide groups is 1. The standard InChI is InChI=1S/C21H18N2O6S/c1-27-15-6-7-16-17(11-15)29-12-23(20(16)25)8-9-28-14-4-2-13(3-5-14)10-18-19(24)22-21(26)30-18/h2-7,10-11H,8-9,12H2,1H3,(H,22,24,26). The molecule has 2 aliphatic rings. The molecule has 2 aromatic carbocycles. The number of nitrogens with zero attached hydrogens (tertiary/aromatic N) is 1. The van der Waals surface area contributed by atoms with Crippen LogP contribution in [0.1, 0.15) is 15.9 Å². The fourth-order valence-corrected chi connectivity index (χ4v) is 3.66. The molecule has 0 atom stereocenters. The van der Waals surface area contributed by atoms with Crippen LogP contribution in [0.3, 0.4) is 0 Å². The van der Waals surface area contributed by atoms with Crippen molar-refractivity contribution in [1.29, 1.82) is 0 Å². The van der Waals surface area contributed by atoms with E-state index in [1.165, 1.54) is 0 Å². The molecular formula is C21H18N2O6S. The van der Waals surface area contributed by atoms with Crippen molar-refractivity contribution in [2.45, 2.75) is 0 Å². The largest absolute Gasteiger partial charge is 0.497 e. The number of rotatable bonds is 6. The Bertz CT molecular complexity index is 1030. The molecule has 1 saturated heterocycles. The van der Waals surface area contributed by atoms with Crippen molar-refractivity contribution in [2.75, 3.05) is 27.0 Å². The predicted molar refractivity (Wildman–Crippen MR) is 111 cm³/mol. The quantitative estimate of drug-likeness (QED) is 0.710. The van der Waals surface area contributed by atoms with Gasteiger partial charge in [0.05, 0.1) is 24.1 Å². The topological polar surface area (TPSA) is 94.2 Å². The summed E-state index contributed by atoms with van der Waals surface area (Å²) in [7, 11) is 1.56. The molecule has 2 aromatic rings. The number of hydrogen-bond acceptors (Lipinski definition) is 7. The maximum Gasteiger partial charge on any atom is 0.290 e. The van der Waals surface area contributed by atoms with Crippen LogP contribution in [0.15, 0.2) is 47.4 Å². The monoisotopic (exact) mass is 426 g/mol. The van der Waals surface area contributed by atoms with Crippen LogP contribution in [0.25, 0.3) is 6.08 Å². The second kappa shape index (κ2) is 8.50. The SMILES string of the molecule is COc1ccc2c(c1)OCN(CCOc1ccc(C=C3SC(=O)NC3=O)cc1)C2=O. The van der Waals surface area contributed by atoms with Gasteiger partial charge in [0.1, 0.15) is 23.9 Å². The fraction of sp³-hybridized carbons (Fsp3) is 0.190. The lowest BCUT2D eigenvalue weighted by Gasteiger charge is -2.28. The van der Waals surface area contributed by atoms with Crippen LogP contribution < -0.4 is 19.5 Å². The lowest BCUT2D eigenvalue weighted by atomic mass is 10.1. The zero-order valence-corrected chi connectivity index (χ0v) is 16.9. The van der Waals surface area contributed by atoms with E-state index in [1.807, 2.05) is 0 Å². The molecule has 4 rings (SSSR count). The summed E-state index contributed by atoms with van der Waals surface area (Å²) in [6.45, 7) is 0.816. The Morgan fingerprint density at radius 1 is 1.13 bits per heavy atom. The number of hydrogen-bond donors (Lipinski definition) is 1. The number of carbonyl (C=O) groups is 3. The maximum atomic E-state index is 12.6. The average molecular weight is 426 g/mol. The minimum absolute atomic E-state index is 0.119. The van der Waals surface area contributed by atoms with E-state index < -0.39 is 5.91 Å². The summed E-state index contributed by atoms with van der Waals surface area (Å²) < 4.78 is 16.5. The van der Waals surface area contributed by atoms with Gasteiger partial charge in [-0.3, -0.25) is 19.7 Å². The molecule has 30 heavy (non-hydrogen) atoms. The van der Waals surface area contributed by atoms with E-state index in [9.17, 15) is 14.4 Å². The van der Waals surface area contributed by atoms with Crippen molar-refractivity contribution >= 4 is 34.9 Å². The number of thioether (sulfide) groups is 1. The van der Waals surface area contributed by atoms with Crippen molar-refractivity contribution in [3.8, 4) is 17.2 Å². The molecule has 9 heteroatoms. The summed E-state index contributed by atoms with van der Waals surface area (Å²) in [6.07, 6.45) is 1.64. The molecule has 0 aliphatic carbocycles. The van der Waals surface area contributed by atoms with E-state index >= 15 is 0 Å². The van der Waals surface area contributed by atoms with Gasteiger partial charge < -0.3 is 19.1 Å². The Morgan fingerprint density at radius 3 is 2.60 bits per heavy atom. The number of benzene rings is 2. The van der Waals surface area contributed by atoms with Crippen LogP contribution in [0.5, 0.6) is 17.2 Å². The lowest BCUT2D eigenvalue weighted by molar-refractivity contribution is -0.115. The molecule has 8 nitrogen and oxygen atoms in total. The number of methoxy groups -OCH3 is 1. The van der Waals surface area contributed by atoms with Gasteiger partial charge in [-0.2, -0.15) is 0 Å². The Hall–Kier alpha value is -3.46. The molecule has 2 heterocycles. The smallest absolute Gasteiger partial charge is 0.290 e. The van der Waals surface area contributed by atoms with Crippen molar-refractivity contribution in [3.05, 3.63) is 58.5 Å². The molecule has 0 radical (unpaired) electrons. The summed E-state index contributed by atoms with van der Waals surface area (Å²) in [6, 6.07) is 12.2. The van der Waals surface area contributed by atoms with Gasteiger partial charge in [-0.05, 0) is 47.7 Å². The van der Waals surface area contributed by atoms with Crippen molar-refractivity contribution in [1.82, 2.24) is 10.2 Å². The Labute approximate surface area is 176 Å². The third-order valence-electron chi connectivity index (χ3n) is 4.53. The van der Waals surface area contributed by atoms with E-state index in [1.54, 1.807) is 60.6 Å². The van der Waals surface area contributed by atoms with Crippen LogP contribution in [-0.4, -0.2) is 48.9 Å². The second-order valence-electron chi connectivity index (χ2n) is 6.47. The van der Waals surface area contributed by atoms with Crippen molar-refractivity contribution < 1.29 is 28.6 Å². The van der Waals surface area contributed by atoms with E-state index in [-0.39, 0.29) is 17.9 Å². The third kappa shape index (κ3) is 4.25. The summed E-state index contributed by atoms with van der Waals surface area (Å²) in [5, 5.41) is 1.85. The zero-order chi connectivity index (χ0) is 21.1. The van der Waals surface area contributed by atoms with Gasteiger partial charge in [0.15, 0.2) is 6.73 Å². The van der Waals surface area contributed by atoms with Gasteiger partial charge in [-0.1, -0.05) is 12.1 Å². The van der Waals surface area contributed by atoms with Crippen LogP contribution in [0, 0.1) is 0 Å². The van der Waals surface area contributed by atoms with Crippen LogP contribution in [0.2, 0.25) is 0 Å². The van der Waals surface area contributed by atoms with E-state index in [4.69, 9.17) is 14.2 Å². The first kappa shape index (κ1) is 19.8. The second-order valence-corrected chi connectivity index (χ2v) is 7.49. The molecule has 0 unspecified atom stereocenters. The highest BCUT2D eigenvalue weighted by Crippen LogP contribution is 2.29. The summed E-state index contributed by atoms with van der Waals surface area (Å²) in [4.78, 5) is 37.3. The summed E-state index contributed by atoms with van der Waals surface area (Å²) in [5.74, 6) is 1.27. The Kier molecular flexibility index (Phi) is 5.62. The molecule has 0 bridgehead atoms. The van der Waals surface area contributed by atoms with Gasteiger partial charge in [-0.25, -0.2) is 0 Å². The highest BCUT2D eigenvalue weighted by Gasteiger charge is 2.26.